The molecule has 0 aromatic heterocycles. The van der Waals surface area contributed by atoms with Crippen LogP contribution in [0.5, 0.6) is 0 Å². The molecule has 1 unspecified atom stereocenters. The van der Waals surface area contributed by atoms with Crippen LogP contribution in [0.1, 0.15) is 38.7 Å². The van der Waals surface area contributed by atoms with Gasteiger partial charge in [-0.3, -0.25) is 0 Å². The molecule has 4 nitrogen and oxygen atoms in total. The molecule has 0 spiro atoms. The van der Waals surface area contributed by atoms with Gasteiger partial charge in [0, 0.05) is 5.69 Å². The molecule has 27 heavy (non-hydrogen) atoms. The van der Waals surface area contributed by atoms with E-state index < -0.39 is 0 Å². The van der Waals surface area contributed by atoms with Crippen molar-refractivity contribution in [1.82, 2.24) is 5.32 Å². The number of hydrogen-bond donors (Lipinski definition) is 2. The first-order chi connectivity index (χ1) is 13.0. The minimum absolute atomic E-state index is 0.132. The van der Waals surface area contributed by atoms with E-state index in [1.807, 2.05) is 48.5 Å². The van der Waals surface area contributed by atoms with Gasteiger partial charge in [0.2, 0.25) is 0 Å². The van der Waals surface area contributed by atoms with Gasteiger partial charge in [-0.15, -0.1) is 0 Å². The van der Waals surface area contributed by atoms with E-state index in [4.69, 9.17) is 11.6 Å². The van der Waals surface area contributed by atoms with Crippen LogP contribution in [0.15, 0.2) is 59.4 Å². The third-order valence-electron chi connectivity index (χ3n) is 5.05. The molecule has 1 aliphatic heterocycles. The van der Waals surface area contributed by atoms with Crippen molar-refractivity contribution in [1.29, 1.82) is 5.26 Å². The molecular weight excluding hydrogens is 358 g/mol. The number of rotatable bonds is 6. The number of unbranched alkanes of at least 4 members (excludes halogenated alkanes) is 1. The fourth-order valence-electron chi connectivity index (χ4n) is 3.66. The zero-order valence-electron chi connectivity index (χ0n) is 15.7. The number of halogens is 1. The maximum Gasteiger partial charge on any atom is 0.126 e. The van der Waals surface area contributed by atoms with Gasteiger partial charge in [0.15, 0.2) is 0 Å². The van der Waals surface area contributed by atoms with E-state index in [0.29, 0.717) is 16.4 Å². The van der Waals surface area contributed by atoms with E-state index in [-0.39, 0.29) is 12.3 Å². The number of aliphatic hydroxyl groups is 1. The maximum absolute atomic E-state index is 9.87. The van der Waals surface area contributed by atoms with Crippen LogP contribution in [-0.2, 0) is 0 Å². The number of benzene rings is 2. The number of hydrogen-bond acceptors (Lipinski definition) is 4. The molecule has 3 rings (SSSR count). The molecule has 140 valence electrons. The Morgan fingerprint density at radius 3 is 2.52 bits per heavy atom. The predicted molar refractivity (Wildman–Crippen MR) is 110 cm³/mol. The first kappa shape index (κ1) is 19.3. The van der Waals surface area contributed by atoms with Gasteiger partial charge in [0.25, 0.3) is 0 Å². The monoisotopic (exact) mass is 381 g/mol. The Morgan fingerprint density at radius 2 is 1.89 bits per heavy atom. The van der Waals surface area contributed by atoms with Crippen LogP contribution in [0.2, 0.25) is 0 Å². The van der Waals surface area contributed by atoms with Crippen molar-refractivity contribution in [3.63, 3.8) is 0 Å². The number of aliphatic hydroxyl groups excluding tert-OH is 1. The number of nitriles is 1. The van der Waals surface area contributed by atoms with E-state index in [2.05, 4.69) is 30.1 Å². The van der Waals surface area contributed by atoms with Gasteiger partial charge in [0.1, 0.15) is 10.8 Å². The first-order valence-corrected chi connectivity index (χ1v) is 9.59. The Balaban J connectivity index is 1.98. The highest BCUT2D eigenvalue weighted by atomic mass is 35.5. The lowest BCUT2D eigenvalue weighted by atomic mass is 9.99. The fourth-order valence-corrected chi connectivity index (χ4v) is 4.01. The first-order valence-electron chi connectivity index (χ1n) is 9.21. The number of nitrogens with one attached hydrogen (secondary N) is 1. The van der Waals surface area contributed by atoms with Crippen molar-refractivity contribution in [3.8, 4) is 17.2 Å². The van der Waals surface area contributed by atoms with E-state index in [1.165, 1.54) is 0 Å². The van der Waals surface area contributed by atoms with Crippen molar-refractivity contribution in [2.75, 3.05) is 11.5 Å². The van der Waals surface area contributed by atoms with Gasteiger partial charge in [-0.25, -0.2) is 0 Å². The molecule has 0 radical (unpaired) electrons. The van der Waals surface area contributed by atoms with Crippen LogP contribution in [0.25, 0.3) is 11.1 Å². The summed E-state index contributed by atoms with van der Waals surface area (Å²) < 4.78 is 0. The third-order valence-corrected chi connectivity index (χ3v) is 5.36. The van der Waals surface area contributed by atoms with Crippen molar-refractivity contribution in [2.45, 2.75) is 38.8 Å². The van der Waals surface area contributed by atoms with E-state index in [9.17, 15) is 10.4 Å². The topological polar surface area (TPSA) is 59.3 Å². The van der Waals surface area contributed by atoms with Crippen LogP contribution in [-0.4, -0.2) is 17.4 Å². The summed E-state index contributed by atoms with van der Waals surface area (Å²) in [6.07, 6.45) is 3.04. The number of anilines is 1. The van der Waals surface area contributed by atoms with Gasteiger partial charge < -0.3 is 15.3 Å². The summed E-state index contributed by atoms with van der Waals surface area (Å²) in [5.41, 5.74) is 3.81. The summed E-state index contributed by atoms with van der Waals surface area (Å²) in [5, 5.41) is 23.0. The van der Waals surface area contributed by atoms with Crippen LogP contribution >= 0.6 is 11.6 Å². The molecule has 2 N–H and O–H groups in total. The largest absolute Gasteiger partial charge is 0.390 e. The summed E-state index contributed by atoms with van der Waals surface area (Å²) in [5.74, 6) is 0. The molecule has 0 saturated carbocycles. The minimum atomic E-state index is -0.378. The molecule has 0 saturated heterocycles. The van der Waals surface area contributed by atoms with E-state index in [0.717, 1.165) is 36.1 Å². The Bertz CT molecular complexity index is 885. The summed E-state index contributed by atoms with van der Waals surface area (Å²) in [6, 6.07) is 17.9. The van der Waals surface area contributed by atoms with Gasteiger partial charge >= 0.3 is 0 Å². The Hall–Kier alpha value is -2.48. The summed E-state index contributed by atoms with van der Waals surface area (Å²) in [4.78, 5) is 2.09. The molecule has 0 amide bonds. The quantitative estimate of drug-likeness (QED) is 0.695. The second-order valence-corrected chi connectivity index (χ2v) is 7.34. The average Bonchev–Trinajstić information content (AvgIpc) is 2.96. The van der Waals surface area contributed by atoms with Crippen molar-refractivity contribution in [2.24, 2.45) is 0 Å². The zero-order valence-corrected chi connectivity index (χ0v) is 16.4. The number of nitrogens with zero attached hydrogens (tertiary/aromatic N) is 2. The van der Waals surface area contributed by atoms with Crippen molar-refractivity contribution >= 4 is 17.3 Å². The molecule has 0 aliphatic carbocycles. The fraction of sp³-hybridized carbons (Fsp3) is 0.318. The third kappa shape index (κ3) is 3.66. The second kappa shape index (κ2) is 8.04. The molecule has 1 heterocycles. The van der Waals surface area contributed by atoms with Gasteiger partial charge in [-0.1, -0.05) is 55.3 Å². The van der Waals surface area contributed by atoms with Gasteiger partial charge in [-0.05, 0) is 49.1 Å². The van der Waals surface area contributed by atoms with Crippen molar-refractivity contribution < 1.29 is 5.11 Å². The molecule has 0 bridgehead atoms. The highest BCUT2D eigenvalue weighted by Crippen LogP contribution is 2.38. The Kier molecular flexibility index (Phi) is 5.74. The lowest BCUT2D eigenvalue weighted by molar-refractivity contribution is 0.315. The molecule has 5 heteroatoms. The summed E-state index contributed by atoms with van der Waals surface area (Å²) >= 11 is 6.38. The summed E-state index contributed by atoms with van der Waals surface area (Å²) in [7, 11) is 0. The molecular formula is C22H24ClN3O. The highest BCUT2D eigenvalue weighted by Gasteiger charge is 2.40. The average molecular weight is 382 g/mol. The van der Waals surface area contributed by atoms with E-state index >= 15 is 0 Å². The maximum atomic E-state index is 9.87. The van der Waals surface area contributed by atoms with Crippen LogP contribution in [0, 0.1) is 11.3 Å². The molecule has 2 aromatic rings. The Labute approximate surface area is 165 Å². The van der Waals surface area contributed by atoms with E-state index in [1.54, 1.807) is 0 Å². The standard InChI is InChI=1S/C22H24ClN3O/c1-3-4-13-22(2)25-21(23)20(15-27)26(22)18-11-9-16(10-12-18)19-8-6-5-7-17(19)14-24/h5-12,25,27H,3-4,13,15H2,1-2H3. The van der Waals surface area contributed by atoms with Crippen LogP contribution in [0.4, 0.5) is 5.69 Å². The van der Waals surface area contributed by atoms with Gasteiger partial charge in [-0.2, -0.15) is 5.26 Å². The van der Waals surface area contributed by atoms with Crippen molar-refractivity contribution in [3.05, 3.63) is 64.9 Å². The summed E-state index contributed by atoms with van der Waals surface area (Å²) in [6.45, 7) is 4.13. The Morgan fingerprint density at radius 1 is 1.19 bits per heavy atom. The zero-order chi connectivity index (χ0) is 19.4. The molecule has 1 aliphatic rings. The second-order valence-electron chi connectivity index (χ2n) is 6.96. The smallest absolute Gasteiger partial charge is 0.126 e. The highest BCUT2D eigenvalue weighted by molar-refractivity contribution is 6.30. The predicted octanol–water partition coefficient (Wildman–Crippen LogP) is 4.94. The molecule has 0 fully saturated rings. The lowest BCUT2D eigenvalue weighted by Gasteiger charge is -2.38. The SMILES string of the molecule is CCCCC1(C)NC(Cl)=C(CO)N1c1ccc(-c2ccccc2C#N)cc1. The molecule has 1 atom stereocenters. The van der Waals surface area contributed by atoms with Gasteiger partial charge in [0.05, 0.1) is 23.9 Å². The van der Waals surface area contributed by atoms with Crippen LogP contribution in [0.3, 0.4) is 0 Å². The van der Waals surface area contributed by atoms with Crippen LogP contribution < -0.4 is 10.2 Å². The molecule has 2 aromatic carbocycles. The lowest BCUT2D eigenvalue weighted by Crippen LogP contribution is -2.50. The normalized spacial score (nSPS) is 19.1. The minimum Gasteiger partial charge on any atom is -0.390 e.